The van der Waals surface area contributed by atoms with Gasteiger partial charge >= 0.3 is 0 Å². The van der Waals surface area contributed by atoms with E-state index in [0.29, 0.717) is 12.6 Å². The molecule has 3 heterocycles. The van der Waals surface area contributed by atoms with Crippen molar-refractivity contribution in [3.05, 3.63) is 41.7 Å². The van der Waals surface area contributed by atoms with Gasteiger partial charge < -0.3 is 4.90 Å². The van der Waals surface area contributed by atoms with Crippen molar-refractivity contribution in [2.45, 2.75) is 25.4 Å². The van der Waals surface area contributed by atoms with Gasteiger partial charge in [0.1, 0.15) is 6.33 Å². The largest absolute Gasteiger partial charge is 0.339 e. The number of rotatable bonds is 4. The smallest absolute Gasteiger partial charge is 0.253 e. The maximum absolute atomic E-state index is 12.8. The molecule has 0 bridgehead atoms. The normalized spacial score (nSPS) is 19.6. The van der Waals surface area contributed by atoms with Gasteiger partial charge in [0.15, 0.2) is 0 Å². The van der Waals surface area contributed by atoms with Crippen LogP contribution in [0.15, 0.2) is 30.6 Å². The SMILES string of the molecule is O=C(c1ccc(Cn2cnnn2)cc1)N1CCC(N2CCSCC2)CC1. The molecule has 1 aromatic carbocycles. The van der Waals surface area contributed by atoms with Crippen molar-refractivity contribution in [1.82, 2.24) is 30.0 Å². The van der Waals surface area contributed by atoms with Crippen molar-refractivity contribution >= 4 is 17.7 Å². The van der Waals surface area contributed by atoms with Gasteiger partial charge in [-0.3, -0.25) is 9.69 Å². The summed E-state index contributed by atoms with van der Waals surface area (Å²) in [6.07, 6.45) is 3.77. The van der Waals surface area contributed by atoms with E-state index in [4.69, 9.17) is 0 Å². The fourth-order valence-electron chi connectivity index (χ4n) is 3.75. The molecule has 0 unspecified atom stereocenters. The monoisotopic (exact) mass is 372 g/mol. The molecule has 2 saturated heterocycles. The zero-order chi connectivity index (χ0) is 17.8. The molecule has 0 N–H and O–H groups in total. The predicted molar refractivity (Wildman–Crippen MR) is 101 cm³/mol. The zero-order valence-corrected chi connectivity index (χ0v) is 15.6. The fourth-order valence-corrected chi connectivity index (χ4v) is 4.68. The number of hydrogen-bond donors (Lipinski definition) is 0. The van der Waals surface area contributed by atoms with E-state index in [1.807, 2.05) is 40.9 Å². The third-order valence-corrected chi connectivity index (χ3v) is 6.19. The second kappa shape index (κ2) is 8.18. The van der Waals surface area contributed by atoms with Crippen molar-refractivity contribution in [2.24, 2.45) is 0 Å². The maximum atomic E-state index is 12.8. The second-order valence-corrected chi connectivity index (χ2v) is 8.10. The van der Waals surface area contributed by atoms with E-state index in [1.54, 1.807) is 11.0 Å². The fraction of sp³-hybridized carbons (Fsp3) is 0.556. The topological polar surface area (TPSA) is 67.2 Å². The average Bonchev–Trinajstić information content (AvgIpc) is 3.22. The number of aromatic nitrogens is 4. The molecule has 1 amide bonds. The van der Waals surface area contributed by atoms with Gasteiger partial charge in [-0.1, -0.05) is 12.1 Å². The van der Waals surface area contributed by atoms with Gasteiger partial charge in [0.25, 0.3) is 5.91 Å². The molecule has 8 heteroatoms. The standard InChI is InChI=1S/C18H24N6OS/c25-18(16-3-1-15(2-4-16)13-24-14-19-20-21-24)23-7-5-17(6-8-23)22-9-11-26-12-10-22/h1-4,14,17H,5-13H2. The van der Waals surface area contributed by atoms with Crippen LogP contribution in [0.2, 0.25) is 0 Å². The van der Waals surface area contributed by atoms with Gasteiger partial charge in [0.05, 0.1) is 6.54 Å². The van der Waals surface area contributed by atoms with Crippen LogP contribution in [-0.4, -0.2) is 79.6 Å². The lowest BCUT2D eigenvalue weighted by molar-refractivity contribution is 0.0631. The molecule has 2 fully saturated rings. The first-order chi connectivity index (χ1) is 12.8. The zero-order valence-electron chi connectivity index (χ0n) is 14.8. The first kappa shape index (κ1) is 17.5. The highest BCUT2D eigenvalue weighted by molar-refractivity contribution is 7.99. The lowest BCUT2D eigenvalue weighted by Crippen LogP contribution is -2.49. The number of thioether (sulfide) groups is 1. The Hall–Kier alpha value is -1.93. The van der Waals surface area contributed by atoms with Crippen molar-refractivity contribution in [3.63, 3.8) is 0 Å². The number of carbonyl (C=O) groups is 1. The summed E-state index contributed by atoms with van der Waals surface area (Å²) in [5, 5.41) is 11.1. The van der Waals surface area contributed by atoms with Gasteiger partial charge in [-0.25, -0.2) is 4.68 Å². The van der Waals surface area contributed by atoms with Crippen LogP contribution in [0.1, 0.15) is 28.8 Å². The van der Waals surface area contributed by atoms with E-state index in [0.717, 1.165) is 37.1 Å². The molecule has 0 radical (unpaired) electrons. The molecule has 0 aliphatic carbocycles. The molecule has 26 heavy (non-hydrogen) atoms. The van der Waals surface area contributed by atoms with Crippen molar-refractivity contribution < 1.29 is 4.79 Å². The number of hydrogen-bond acceptors (Lipinski definition) is 6. The molecule has 0 saturated carbocycles. The first-order valence-corrected chi connectivity index (χ1v) is 10.4. The summed E-state index contributed by atoms with van der Waals surface area (Å²) in [4.78, 5) is 17.4. The van der Waals surface area contributed by atoms with E-state index < -0.39 is 0 Å². The predicted octanol–water partition coefficient (Wildman–Crippen LogP) is 1.37. The summed E-state index contributed by atoms with van der Waals surface area (Å²) in [7, 11) is 0. The van der Waals surface area contributed by atoms with Crippen LogP contribution in [-0.2, 0) is 6.54 Å². The molecule has 138 valence electrons. The van der Waals surface area contributed by atoms with Crippen LogP contribution < -0.4 is 0 Å². The van der Waals surface area contributed by atoms with Gasteiger partial charge in [-0.15, -0.1) is 5.10 Å². The molecule has 0 atom stereocenters. The van der Waals surface area contributed by atoms with Crippen molar-refractivity contribution in [2.75, 3.05) is 37.7 Å². The summed E-state index contributed by atoms with van der Waals surface area (Å²) in [5.74, 6) is 2.64. The molecule has 0 spiro atoms. The third-order valence-electron chi connectivity index (χ3n) is 5.25. The Bertz CT molecular complexity index is 706. The number of nitrogens with zero attached hydrogens (tertiary/aromatic N) is 6. The lowest BCUT2D eigenvalue weighted by Gasteiger charge is -2.40. The van der Waals surface area contributed by atoms with Crippen molar-refractivity contribution in [3.8, 4) is 0 Å². The van der Waals surface area contributed by atoms with E-state index in [1.165, 1.54) is 24.6 Å². The average molecular weight is 372 g/mol. The minimum atomic E-state index is 0.145. The first-order valence-electron chi connectivity index (χ1n) is 9.20. The number of amides is 1. The molecular formula is C18H24N6OS. The maximum Gasteiger partial charge on any atom is 0.253 e. The van der Waals surface area contributed by atoms with Crippen LogP contribution in [0.5, 0.6) is 0 Å². The highest BCUT2D eigenvalue weighted by Gasteiger charge is 2.28. The minimum Gasteiger partial charge on any atom is -0.339 e. The Balaban J connectivity index is 1.31. The highest BCUT2D eigenvalue weighted by Crippen LogP contribution is 2.21. The van der Waals surface area contributed by atoms with Crippen LogP contribution in [0.25, 0.3) is 0 Å². The third kappa shape index (κ3) is 4.07. The van der Waals surface area contributed by atoms with Gasteiger partial charge in [-0.2, -0.15) is 11.8 Å². The van der Waals surface area contributed by atoms with E-state index >= 15 is 0 Å². The number of piperidine rings is 1. The molecule has 7 nitrogen and oxygen atoms in total. The Kier molecular flexibility index (Phi) is 5.50. The van der Waals surface area contributed by atoms with E-state index in [2.05, 4.69) is 20.4 Å². The van der Waals surface area contributed by atoms with Crippen LogP contribution >= 0.6 is 11.8 Å². The lowest BCUT2D eigenvalue weighted by atomic mass is 10.0. The van der Waals surface area contributed by atoms with Crippen LogP contribution in [0.4, 0.5) is 0 Å². The number of likely N-dealkylation sites (tertiary alicyclic amines) is 1. The second-order valence-electron chi connectivity index (χ2n) is 6.88. The van der Waals surface area contributed by atoms with E-state index in [-0.39, 0.29) is 5.91 Å². The highest BCUT2D eigenvalue weighted by atomic mass is 32.2. The number of tetrazole rings is 1. The summed E-state index contributed by atoms with van der Waals surface area (Å²) in [5.41, 5.74) is 1.84. The van der Waals surface area contributed by atoms with Gasteiger partial charge in [-0.05, 0) is 41.0 Å². The van der Waals surface area contributed by atoms with Gasteiger partial charge in [0, 0.05) is 49.3 Å². The van der Waals surface area contributed by atoms with Gasteiger partial charge in [0.2, 0.25) is 0 Å². The quantitative estimate of drug-likeness (QED) is 0.808. The Labute approximate surface area is 157 Å². The number of benzene rings is 1. The molecule has 1 aromatic heterocycles. The Morgan fingerprint density at radius 1 is 1.08 bits per heavy atom. The minimum absolute atomic E-state index is 0.145. The Morgan fingerprint density at radius 3 is 2.46 bits per heavy atom. The summed E-state index contributed by atoms with van der Waals surface area (Å²) < 4.78 is 1.67. The summed E-state index contributed by atoms with van der Waals surface area (Å²) in [6.45, 7) is 4.73. The van der Waals surface area contributed by atoms with Crippen molar-refractivity contribution in [1.29, 1.82) is 0 Å². The summed E-state index contributed by atoms with van der Waals surface area (Å²) >= 11 is 2.05. The molecule has 2 aromatic rings. The van der Waals surface area contributed by atoms with Crippen LogP contribution in [0, 0.1) is 0 Å². The van der Waals surface area contributed by atoms with E-state index in [9.17, 15) is 4.79 Å². The Morgan fingerprint density at radius 2 is 1.81 bits per heavy atom. The molecule has 2 aliphatic heterocycles. The van der Waals surface area contributed by atoms with Crippen LogP contribution in [0.3, 0.4) is 0 Å². The molecule has 4 rings (SSSR count). The molecular weight excluding hydrogens is 348 g/mol. The summed E-state index contributed by atoms with van der Waals surface area (Å²) in [6, 6.07) is 8.44. The number of carbonyl (C=O) groups excluding carboxylic acids is 1. The molecule has 2 aliphatic rings.